The number of pyridine rings is 2. The average molecular weight is 303 g/mol. The van der Waals surface area contributed by atoms with Crippen LogP contribution in [0.3, 0.4) is 0 Å². The summed E-state index contributed by atoms with van der Waals surface area (Å²) >= 11 is 0. The molecule has 0 N–H and O–H groups in total. The molecule has 1 unspecified atom stereocenters. The Morgan fingerprint density at radius 1 is 1.17 bits per heavy atom. The molecule has 4 rings (SSSR count). The average Bonchev–Trinajstić information content (AvgIpc) is 2.99. The number of likely N-dealkylation sites (tertiary alicyclic amines) is 1. The van der Waals surface area contributed by atoms with Gasteiger partial charge in [-0.15, -0.1) is 0 Å². The molecule has 0 saturated carbocycles. The minimum absolute atomic E-state index is 0.699. The van der Waals surface area contributed by atoms with E-state index in [9.17, 15) is 0 Å². The lowest BCUT2D eigenvalue weighted by molar-refractivity contribution is 0.260. The fourth-order valence-corrected chi connectivity index (χ4v) is 3.54. The quantitative estimate of drug-likeness (QED) is 0.723. The number of nitrogens with zero attached hydrogens (tertiary/aromatic N) is 3. The van der Waals surface area contributed by atoms with E-state index in [-0.39, 0.29) is 0 Å². The molecule has 116 valence electrons. The first-order valence-corrected chi connectivity index (χ1v) is 8.33. The zero-order valence-electron chi connectivity index (χ0n) is 13.4. The Balaban J connectivity index is 1.70. The van der Waals surface area contributed by atoms with E-state index in [0.717, 1.165) is 17.4 Å². The van der Waals surface area contributed by atoms with Gasteiger partial charge in [-0.25, -0.2) is 0 Å². The second-order valence-corrected chi connectivity index (χ2v) is 6.41. The van der Waals surface area contributed by atoms with Gasteiger partial charge in [0.1, 0.15) is 0 Å². The number of benzene rings is 1. The molecule has 23 heavy (non-hydrogen) atoms. The third-order valence-corrected chi connectivity index (χ3v) is 4.86. The molecule has 2 aromatic heterocycles. The van der Waals surface area contributed by atoms with Gasteiger partial charge in [-0.05, 0) is 61.2 Å². The summed E-state index contributed by atoms with van der Waals surface area (Å²) in [5, 5.41) is 1.11. The summed E-state index contributed by atoms with van der Waals surface area (Å²) in [7, 11) is 0. The highest BCUT2D eigenvalue weighted by Gasteiger charge is 2.20. The molecule has 1 atom stereocenters. The summed E-state index contributed by atoms with van der Waals surface area (Å²) in [6.45, 7) is 4.59. The van der Waals surface area contributed by atoms with Crippen molar-refractivity contribution >= 4 is 10.9 Å². The lowest BCUT2D eigenvalue weighted by atomic mass is 10.0. The van der Waals surface area contributed by atoms with Crippen LogP contribution in [-0.4, -0.2) is 27.5 Å². The third-order valence-electron chi connectivity index (χ3n) is 4.86. The van der Waals surface area contributed by atoms with Gasteiger partial charge < -0.3 is 0 Å². The fourth-order valence-electron chi connectivity index (χ4n) is 3.54. The lowest BCUT2D eigenvalue weighted by Crippen LogP contribution is -2.26. The van der Waals surface area contributed by atoms with Crippen LogP contribution in [0.15, 0.2) is 55.0 Å². The molecule has 0 aliphatic carbocycles. The van der Waals surface area contributed by atoms with Gasteiger partial charge in [0.15, 0.2) is 0 Å². The van der Waals surface area contributed by atoms with Crippen molar-refractivity contribution in [3.63, 3.8) is 0 Å². The summed E-state index contributed by atoms with van der Waals surface area (Å²) < 4.78 is 0. The molecule has 3 aromatic rings. The van der Waals surface area contributed by atoms with E-state index >= 15 is 0 Å². The number of hydrogen-bond donors (Lipinski definition) is 0. The smallest absolute Gasteiger partial charge is 0.0739 e. The van der Waals surface area contributed by atoms with Crippen LogP contribution in [-0.2, 0) is 6.54 Å². The highest BCUT2D eigenvalue weighted by molar-refractivity contribution is 5.93. The van der Waals surface area contributed by atoms with E-state index in [1.807, 2.05) is 18.5 Å². The molecule has 1 aliphatic rings. The Kier molecular flexibility index (Phi) is 3.80. The first-order valence-electron chi connectivity index (χ1n) is 8.33. The molecule has 1 aliphatic heterocycles. The first kappa shape index (κ1) is 14.3. The molecule has 1 fully saturated rings. The molecule has 0 radical (unpaired) electrons. The highest BCUT2D eigenvalue weighted by atomic mass is 15.2. The van der Waals surface area contributed by atoms with Crippen molar-refractivity contribution in [1.29, 1.82) is 0 Å². The molecule has 1 aromatic carbocycles. The van der Waals surface area contributed by atoms with Gasteiger partial charge in [0.25, 0.3) is 0 Å². The Labute approximate surface area is 137 Å². The topological polar surface area (TPSA) is 29.0 Å². The summed E-state index contributed by atoms with van der Waals surface area (Å²) in [6, 6.07) is 13.6. The van der Waals surface area contributed by atoms with Crippen molar-refractivity contribution in [2.75, 3.05) is 6.54 Å². The number of fused-ring (bicyclic) bond motifs is 1. The van der Waals surface area contributed by atoms with Crippen molar-refractivity contribution in [3.8, 4) is 11.1 Å². The summed E-state index contributed by atoms with van der Waals surface area (Å²) in [6.07, 6.45) is 8.23. The van der Waals surface area contributed by atoms with Crippen LogP contribution in [0, 0.1) is 0 Å². The predicted octanol–water partition coefficient (Wildman–Crippen LogP) is 4.28. The normalized spacial score (nSPS) is 18.6. The van der Waals surface area contributed by atoms with E-state index in [1.54, 1.807) is 6.20 Å². The first-order chi connectivity index (χ1) is 11.3. The van der Waals surface area contributed by atoms with Crippen molar-refractivity contribution in [1.82, 2.24) is 14.9 Å². The Bertz CT molecular complexity index is 822. The monoisotopic (exact) mass is 303 g/mol. The van der Waals surface area contributed by atoms with Crippen LogP contribution >= 0.6 is 0 Å². The summed E-state index contributed by atoms with van der Waals surface area (Å²) in [5.74, 6) is 0. The van der Waals surface area contributed by atoms with Crippen LogP contribution < -0.4 is 0 Å². The Morgan fingerprint density at radius 3 is 3.00 bits per heavy atom. The van der Waals surface area contributed by atoms with Gasteiger partial charge in [0.2, 0.25) is 0 Å². The van der Waals surface area contributed by atoms with Crippen LogP contribution in [0.2, 0.25) is 0 Å². The van der Waals surface area contributed by atoms with Crippen molar-refractivity contribution < 1.29 is 0 Å². The van der Waals surface area contributed by atoms with Gasteiger partial charge >= 0.3 is 0 Å². The molecule has 0 spiro atoms. The zero-order chi connectivity index (χ0) is 15.6. The molecule has 3 nitrogen and oxygen atoms in total. The van der Waals surface area contributed by atoms with E-state index in [2.05, 4.69) is 52.1 Å². The van der Waals surface area contributed by atoms with Gasteiger partial charge in [0, 0.05) is 36.6 Å². The molecule has 3 heteroatoms. The van der Waals surface area contributed by atoms with E-state index in [4.69, 9.17) is 0 Å². The summed E-state index contributed by atoms with van der Waals surface area (Å²) in [5.41, 5.74) is 4.83. The van der Waals surface area contributed by atoms with Gasteiger partial charge in [-0.2, -0.15) is 0 Å². The largest absolute Gasteiger partial charge is 0.296 e. The van der Waals surface area contributed by atoms with Crippen molar-refractivity contribution in [3.05, 3.63) is 60.6 Å². The van der Waals surface area contributed by atoms with E-state index < -0.39 is 0 Å². The fraction of sp³-hybridized carbons (Fsp3) is 0.300. The number of rotatable bonds is 3. The molecule has 1 saturated heterocycles. The maximum absolute atomic E-state index is 4.43. The third kappa shape index (κ3) is 2.84. The van der Waals surface area contributed by atoms with Crippen LogP contribution in [0.25, 0.3) is 22.0 Å². The molecule has 0 bridgehead atoms. The zero-order valence-corrected chi connectivity index (χ0v) is 13.4. The molecular formula is C20H21N3. The van der Waals surface area contributed by atoms with Crippen LogP contribution in [0.5, 0.6) is 0 Å². The number of aromatic nitrogens is 2. The highest BCUT2D eigenvalue weighted by Crippen LogP contribution is 2.28. The van der Waals surface area contributed by atoms with E-state index in [1.165, 1.54) is 36.1 Å². The second-order valence-electron chi connectivity index (χ2n) is 6.41. The number of hydrogen-bond acceptors (Lipinski definition) is 3. The Hall–Kier alpha value is -2.26. The minimum Gasteiger partial charge on any atom is -0.296 e. The standard InChI is InChI=1S/C20H21N3/c1-15-4-3-11-23(15)14-16-5-2-6-17(12-16)18-7-10-22-20-8-9-21-13-19(18)20/h2,5-10,12-13,15H,3-4,11,14H2,1H3. The molecular weight excluding hydrogens is 282 g/mol. The van der Waals surface area contributed by atoms with Crippen molar-refractivity contribution in [2.45, 2.75) is 32.4 Å². The van der Waals surface area contributed by atoms with Crippen molar-refractivity contribution in [2.24, 2.45) is 0 Å². The second kappa shape index (κ2) is 6.09. The van der Waals surface area contributed by atoms with E-state index in [0.29, 0.717) is 6.04 Å². The molecule has 0 amide bonds. The predicted molar refractivity (Wildman–Crippen MR) is 94.1 cm³/mol. The minimum atomic E-state index is 0.699. The SMILES string of the molecule is CC1CCCN1Cc1cccc(-c2ccnc3ccncc23)c1. The van der Waals surface area contributed by atoms with Gasteiger partial charge in [0.05, 0.1) is 5.52 Å². The molecule has 3 heterocycles. The van der Waals surface area contributed by atoms with Gasteiger partial charge in [-0.1, -0.05) is 18.2 Å². The van der Waals surface area contributed by atoms with Crippen LogP contribution in [0.1, 0.15) is 25.3 Å². The van der Waals surface area contributed by atoms with Crippen LogP contribution in [0.4, 0.5) is 0 Å². The maximum Gasteiger partial charge on any atom is 0.0739 e. The lowest BCUT2D eigenvalue weighted by Gasteiger charge is -2.21. The van der Waals surface area contributed by atoms with Gasteiger partial charge in [-0.3, -0.25) is 14.9 Å². The Morgan fingerprint density at radius 2 is 2.13 bits per heavy atom. The maximum atomic E-state index is 4.43. The summed E-state index contributed by atoms with van der Waals surface area (Å²) in [4.78, 5) is 11.3.